The summed E-state index contributed by atoms with van der Waals surface area (Å²) in [6.45, 7) is 6.37. The van der Waals surface area contributed by atoms with Gasteiger partial charge in [-0.25, -0.2) is 4.98 Å². The Bertz CT molecular complexity index is 389. The highest BCUT2D eigenvalue weighted by Gasteiger charge is 2.00. The van der Waals surface area contributed by atoms with Crippen molar-refractivity contribution in [1.82, 2.24) is 4.98 Å². The van der Waals surface area contributed by atoms with Crippen LogP contribution in [0.25, 0.3) is 5.57 Å². The summed E-state index contributed by atoms with van der Waals surface area (Å²) in [6, 6.07) is 5.74. The van der Waals surface area contributed by atoms with E-state index in [1.54, 1.807) is 6.07 Å². The molecule has 2 nitrogen and oxygen atoms in total. The highest BCUT2D eigenvalue weighted by molar-refractivity contribution is 5.64. The summed E-state index contributed by atoms with van der Waals surface area (Å²) in [5, 5.41) is 0. The summed E-state index contributed by atoms with van der Waals surface area (Å²) < 4.78 is 0. The number of nitrogens with zero attached hydrogens (tertiary/aromatic N) is 1. The van der Waals surface area contributed by atoms with Gasteiger partial charge < -0.3 is 5.73 Å². The minimum atomic E-state index is 0.574. The second-order valence-electron chi connectivity index (χ2n) is 4.14. The Morgan fingerprint density at radius 1 is 1.44 bits per heavy atom. The van der Waals surface area contributed by atoms with Gasteiger partial charge in [-0.3, -0.25) is 0 Å². The van der Waals surface area contributed by atoms with Crippen molar-refractivity contribution in [3.63, 3.8) is 0 Å². The monoisotopic (exact) mass is 216 g/mol. The van der Waals surface area contributed by atoms with Crippen LogP contribution in [-0.2, 0) is 0 Å². The Kier molecular flexibility index (Phi) is 4.77. The Balaban J connectivity index is 2.76. The van der Waals surface area contributed by atoms with Gasteiger partial charge in [0.1, 0.15) is 5.82 Å². The van der Waals surface area contributed by atoms with Crippen LogP contribution in [0.15, 0.2) is 36.4 Å². The highest BCUT2D eigenvalue weighted by atomic mass is 14.8. The third kappa shape index (κ3) is 3.89. The van der Waals surface area contributed by atoms with Crippen LogP contribution in [0.2, 0.25) is 0 Å². The van der Waals surface area contributed by atoms with Crippen LogP contribution in [0, 0.1) is 5.92 Å². The molecular weight excluding hydrogens is 196 g/mol. The maximum atomic E-state index is 5.67. The molecule has 0 bridgehead atoms. The molecule has 0 unspecified atom stereocenters. The van der Waals surface area contributed by atoms with E-state index in [0.717, 1.165) is 12.1 Å². The van der Waals surface area contributed by atoms with E-state index in [9.17, 15) is 0 Å². The van der Waals surface area contributed by atoms with Crippen LogP contribution in [0.4, 0.5) is 5.82 Å². The average Bonchev–Trinajstić information content (AvgIpc) is 2.24. The van der Waals surface area contributed by atoms with Crippen molar-refractivity contribution in [2.75, 3.05) is 5.73 Å². The number of aromatic nitrogens is 1. The number of hydrogen-bond donors (Lipinski definition) is 1. The minimum Gasteiger partial charge on any atom is -0.384 e. The predicted octanol–water partition coefficient (Wildman–Crippen LogP) is 3.67. The SMILES string of the molecule is C/C=C(\C/C=C/C(C)C)c1cccc(N)n1. The van der Waals surface area contributed by atoms with Gasteiger partial charge in [-0.05, 0) is 37.0 Å². The van der Waals surface area contributed by atoms with E-state index in [-0.39, 0.29) is 0 Å². The first-order valence-corrected chi connectivity index (χ1v) is 5.68. The summed E-state index contributed by atoms with van der Waals surface area (Å²) in [5.74, 6) is 1.16. The van der Waals surface area contributed by atoms with Crippen molar-refractivity contribution in [3.05, 3.63) is 42.1 Å². The highest BCUT2D eigenvalue weighted by Crippen LogP contribution is 2.17. The molecular formula is C14H20N2. The molecule has 0 aliphatic heterocycles. The van der Waals surface area contributed by atoms with Crippen molar-refractivity contribution in [1.29, 1.82) is 0 Å². The van der Waals surface area contributed by atoms with Gasteiger partial charge >= 0.3 is 0 Å². The number of anilines is 1. The summed E-state index contributed by atoms with van der Waals surface area (Å²) in [7, 11) is 0. The summed E-state index contributed by atoms with van der Waals surface area (Å²) in [6.07, 6.45) is 7.39. The fourth-order valence-electron chi connectivity index (χ4n) is 1.47. The number of pyridine rings is 1. The molecule has 2 heteroatoms. The Labute approximate surface area is 97.9 Å². The number of allylic oxidation sites excluding steroid dienone is 4. The first-order valence-electron chi connectivity index (χ1n) is 5.68. The zero-order valence-electron chi connectivity index (χ0n) is 10.3. The molecule has 0 amide bonds. The molecule has 0 fully saturated rings. The Morgan fingerprint density at radius 2 is 2.19 bits per heavy atom. The van der Waals surface area contributed by atoms with Gasteiger partial charge in [0.25, 0.3) is 0 Å². The van der Waals surface area contributed by atoms with Crippen molar-refractivity contribution >= 4 is 11.4 Å². The molecule has 0 aliphatic rings. The van der Waals surface area contributed by atoms with E-state index in [4.69, 9.17) is 5.73 Å². The molecule has 0 saturated heterocycles. The van der Waals surface area contributed by atoms with E-state index in [0.29, 0.717) is 11.7 Å². The molecule has 2 N–H and O–H groups in total. The fourth-order valence-corrected chi connectivity index (χ4v) is 1.47. The lowest BCUT2D eigenvalue weighted by Gasteiger charge is -2.04. The Morgan fingerprint density at radius 3 is 2.75 bits per heavy atom. The normalized spacial score (nSPS) is 12.6. The third-order valence-electron chi connectivity index (χ3n) is 2.31. The summed E-state index contributed by atoms with van der Waals surface area (Å²) >= 11 is 0. The van der Waals surface area contributed by atoms with Gasteiger partial charge in [-0.1, -0.05) is 38.1 Å². The van der Waals surface area contributed by atoms with Crippen molar-refractivity contribution in [2.24, 2.45) is 5.92 Å². The number of rotatable bonds is 4. The van der Waals surface area contributed by atoms with Crippen LogP contribution < -0.4 is 5.73 Å². The van der Waals surface area contributed by atoms with Gasteiger partial charge in [0, 0.05) is 0 Å². The quantitative estimate of drug-likeness (QED) is 0.780. The molecule has 0 radical (unpaired) electrons. The van der Waals surface area contributed by atoms with E-state index in [2.05, 4.69) is 37.1 Å². The largest absolute Gasteiger partial charge is 0.384 e. The van der Waals surface area contributed by atoms with E-state index in [1.165, 1.54) is 5.57 Å². The molecule has 0 spiro atoms. The first kappa shape index (κ1) is 12.5. The number of hydrogen-bond acceptors (Lipinski definition) is 2. The second kappa shape index (κ2) is 6.11. The molecule has 1 heterocycles. The van der Waals surface area contributed by atoms with Crippen molar-refractivity contribution in [3.8, 4) is 0 Å². The van der Waals surface area contributed by atoms with Gasteiger partial charge in [-0.2, -0.15) is 0 Å². The van der Waals surface area contributed by atoms with Crippen molar-refractivity contribution in [2.45, 2.75) is 27.2 Å². The van der Waals surface area contributed by atoms with Gasteiger partial charge in [0.15, 0.2) is 0 Å². The predicted molar refractivity (Wildman–Crippen MR) is 70.9 cm³/mol. The van der Waals surface area contributed by atoms with Gasteiger partial charge in [0.05, 0.1) is 5.69 Å². The van der Waals surface area contributed by atoms with Gasteiger partial charge in [0.2, 0.25) is 0 Å². The lowest BCUT2D eigenvalue weighted by Crippen LogP contribution is -1.94. The zero-order valence-corrected chi connectivity index (χ0v) is 10.3. The topological polar surface area (TPSA) is 38.9 Å². The standard InChI is InChI=1S/C14H20N2/c1-4-12(8-5-7-11(2)3)13-9-6-10-14(15)16-13/h4-7,9-11H,8H2,1-3H3,(H2,15,16)/b7-5+,12-4+. The maximum Gasteiger partial charge on any atom is 0.124 e. The van der Waals surface area contributed by atoms with Crippen LogP contribution >= 0.6 is 0 Å². The number of nitrogens with two attached hydrogens (primary N) is 1. The molecule has 0 aromatic carbocycles. The smallest absolute Gasteiger partial charge is 0.124 e. The van der Waals surface area contributed by atoms with E-state index < -0.39 is 0 Å². The molecule has 1 rings (SSSR count). The van der Waals surface area contributed by atoms with Gasteiger partial charge in [-0.15, -0.1) is 0 Å². The van der Waals surface area contributed by atoms with E-state index in [1.807, 2.05) is 19.1 Å². The lowest BCUT2D eigenvalue weighted by atomic mass is 10.1. The molecule has 0 saturated carbocycles. The van der Waals surface area contributed by atoms with Crippen LogP contribution in [0.1, 0.15) is 32.9 Å². The Hall–Kier alpha value is -1.57. The van der Waals surface area contributed by atoms with Crippen LogP contribution in [-0.4, -0.2) is 4.98 Å². The minimum absolute atomic E-state index is 0.574. The third-order valence-corrected chi connectivity index (χ3v) is 2.31. The van der Waals surface area contributed by atoms with E-state index >= 15 is 0 Å². The van der Waals surface area contributed by atoms with Crippen molar-refractivity contribution < 1.29 is 0 Å². The lowest BCUT2D eigenvalue weighted by molar-refractivity contribution is 0.828. The summed E-state index contributed by atoms with van der Waals surface area (Å²) in [4.78, 5) is 4.32. The maximum absolute atomic E-state index is 5.67. The fraction of sp³-hybridized carbons (Fsp3) is 0.357. The molecule has 1 aromatic heterocycles. The zero-order chi connectivity index (χ0) is 12.0. The molecule has 0 atom stereocenters. The average molecular weight is 216 g/mol. The number of nitrogen functional groups attached to an aromatic ring is 1. The first-order chi connectivity index (χ1) is 7.63. The second-order valence-corrected chi connectivity index (χ2v) is 4.14. The summed E-state index contributed by atoms with van der Waals surface area (Å²) in [5.41, 5.74) is 7.85. The molecule has 16 heavy (non-hydrogen) atoms. The van der Waals surface area contributed by atoms with Crippen LogP contribution in [0.3, 0.4) is 0 Å². The van der Waals surface area contributed by atoms with Crippen LogP contribution in [0.5, 0.6) is 0 Å². The molecule has 0 aliphatic carbocycles. The molecule has 1 aromatic rings. The molecule has 86 valence electrons.